The molecule has 9 aromatic carbocycles. The lowest BCUT2D eigenvalue weighted by molar-refractivity contribution is 1.18. The van der Waals surface area contributed by atoms with Crippen LogP contribution in [0.15, 0.2) is 231 Å². The van der Waals surface area contributed by atoms with Gasteiger partial charge in [0, 0.05) is 60.4 Å². The smallest absolute Gasteiger partial charge is 0.160 e. The van der Waals surface area contributed by atoms with E-state index in [9.17, 15) is 0 Å². The van der Waals surface area contributed by atoms with Crippen molar-refractivity contribution < 1.29 is 0 Å². The van der Waals surface area contributed by atoms with Gasteiger partial charge in [-0.25, -0.2) is 15.0 Å². The Morgan fingerprint density at radius 2 is 0.794 bits per heavy atom. The Morgan fingerprint density at radius 3 is 1.48 bits per heavy atom. The maximum atomic E-state index is 5.28. The molecule has 0 aliphatic carbocycles. The second kappa shape index (κ2) is 15.2. The normalized spacial score (nSPS) is 11.5. The van der Waals surface area contributed by atoms with Gasteiger partial charge in [-0.3, -0.25) is 0 Å². The Bertz CT molecular complexity index is 3600. The van der Waals surface area contributed by atoms with Crippen molar-refractivity contribution in [2.45, 2.75) is 0 Å². The number of para-hydroxylation sites is 3. The second-order valence-corrected chi connectivity index (χ2v) is 16.0. The highest BCUT2D eigenvalue weighted by Gasteiger charge is 2.22. The fourth-order valence-electron chi connectivity index (χ4n) is 9.27. The standard InChI is InChI=1S/C59H38N4/c1-5-18-39(19-6-1)53-38-54(40-20-7-2-8-21-40)62-59(61-53)45-27-16-25-43(37-45)42-24-15-26-44(36-42)47-31-17-32-48-49-34-35-51-55(58(49)63(57(47)48)46-28-11-4-12-29-46)50-30-13-14-33-52(50)60-56(51)41-22-9-3-10-23-41/h1-38H. The summed E-state index contributed by atoms with van der Waals surface area (Å²) in [6, 6.07) is 81.5. The van der Waals surface area contributed by atoms with Gasteiger partial charge in [0.05, 0.1) is 33.6 Å². The van der Waals surface area contributed by atoms with Crippen molar-refractivity contribution in [3.05, 3.63) is 231 Å². The Hall–Kier alpha value is -8.47. The van der Waals surface area contributed by atoms with Gasteiger partial charge in [0.25, 0.3) is 0 Å². The molecule has 4 nitrogen and oxygen atoms in total. The zero-order valence-electron chi connectivity index (χ0n) is 34.2. The van der Waals surface area contributed by atoms with Crippen molar-refractivity contribution >= 4 is 43.5 Å². The van der Waals surface area contributed by atoms with E-state index in [1.165, 1.54) is 27.2 Å². The van der Waals surface area contributed by atoms with Crippen LogP contribution in [0.4, 0.5) is 0 Å². The average molecular weight is 803 g/mol. The van der Waals surface area contributed by atoms with Crippen molar-refractivity contribution in [2.75, 3.05) is 0 Å². The molecule has 0 unspecified atom stereocenters. The highest BCUT2D eigenvalue weighted by molar-refractivity contribution is 6.28. The molecule has 0 aliphatic rings. The van der Waals surface area contributed by atoms with E-state index in [0.717, 1.165) is 83.6 Å². The summed E-state index contributed by atoms with van der Waals surface area (Å²) in [5.41, 5.74) is 15.9. The monoisotopic (exact) mass is 802 g/mol. The largest absolute Gasteiger partial charge is 0.308 e. The minimum Gasteiger partial charge on any atom is -0.308 e. The Balaban J connectivity index is 1.06. The van der Waals surface area contributed by atoms with Crippen molar-refractivity contribution in [3.8, 4) is 73.1 Å². The third-order valence-corrected chi connectivity index (χ3v) is 12.2. The molecule has 12 rings (SSSR count). The Labute approximate surface area is 365 Å². The molecule has 0 radical (unpaired) electrons. The van der Waals surface area contributed by atoms with E-state index < -0.39 is 0 Å². The maximum absolute atomic E-state index is 5.28. The van der Waals surface area contributed by atoms with Crippen LogP contribution in [0.1, 0.15) is 0 Å². The van der Waals surface area contributed by atoms with Crippen LogP contribution in [0.2, 0.25) is 0 Å². The van der Waals surface area contributed by atoms with Crippen LogP contribution in [-0.2, 0) is 0 Å². The first kappa shape index (κ1) is 36.4. The summed E-state index contributed by atoms with van der Waals surface area (Å²) < 4.78 is 2.48. The summed E-state index contributed by atoms with van der Waals surface area (Å²) in [4.78, 5) is 15.6. The van der Waals surface area contributed by atoms with Crippen molar-refractivity contribution in [2.24, 2.45) is 0 Å². The van der Waals surface area contributed by atoms with Crippen LogP contribution in [0.3, 0.4) is 0 Å². The average Bonchev–Trinajstić information content (AvgIpc) is 3.72. The highest BCUT2D eigenvalue weighted by Crippen LogP contribution is 2.45. The molecule has 63 heavy (non-hydrogen) atoms. The van der Waals surface area contributed by atoms with Gasteiger partial charge >= 0.3 is 0 Å². The lowest BCUT2D eigenvalue weighted by Gasteiger charge is -2.15. The molecule has 0 bridgehead atoms. The van der Waals surface area contributed by atoms with E-state index in [1.807, 2.05) is 12.1 Å². The van der Waals surface area contributed by atoms with Gasteiger partial charge in [-0.15, -0.1) is 0 Å². The Kier molecular flexibility index (Phi) is 8.79. The molecule has 0 saturated heterocycles. The zero-order chi connectivity index (χ0) is 41.7. The molecule has 0 saturated carbocycles. The molecule has 0 spiro atoms. The molecule has 0 aliphatic heterocycles. The topological polar surface area (TPSA) is 43.6 Å². The van der Waals surface area contributed by atoms with Gasteiger partial charge in [0.1, 0.15) is 0 Å². The molecule has 3 heterocycles. The summed E-state index contributed by atoms with van der Waals surface area (Å²) in [7, 11) is 0. The summed E-state index contributed by atoms with van der Waals surface area (Å²) in [6.07, 6.45) is 0. The van der Waals surface area contributed by atoms with E-state index in [1.54, 1.807) is 0 Å². The first-order valence-electron chi connectivity index (χ1n) is 21.4. The number of benzene rings is 9. The third kappa shape index (κ3) is 6.36. The van der Waals surface area contributed by atoms with Crippen molar-refractivity contribution in [3.63, 3.8) is 0 Å². The first-order chi connectivity index (χ1) is 31.2. The van der Waals surface area contributed by atoms with E-state index in [0.29, 0.717) is 5.82 Å². The maximum Gasteiger partial charge on any atom is 0.160 e. The van der Waals surface area contributed by atoms with Gasteiger partial charge in [-0.1, -0.05) is 194 Å². The molecule has 0 fully saturated rings. The minimum absolute atomic E-state index is 0.690. The van der Waals surface area contributed by atoms with E-state index in [4.69, 9.17) is 15.0 Å². The molecule has 0 amide bonds. The summed E-state index contributed by atoms with van der Waals surface area (Å²) in [5.74, 6) is 0.690. The van der Waals surface area contributed by atoms with E-state index in [2.05, 4.69) is 223 Å². The van der Waals surface area contributed by atoms with Crippen LogP contribution in [0, 0.1) is 0 Å². The molecule has 4 heteroatoms. The summed E-state index contributed by atoms with van der Waals surface area (Å²) >= 11 is 0. The number of aromatic nitrogens is 4. The van der Waals surface area contributed by atoms with Crippen LogP contribution >= 0.6 is 0 Å². The molecule has 3 aromatic heterocycles. The van der Waals surface area contributed by atoms with E-state index >= 15 is 0 Å². The van der Waals surface area contributed by atoms with Crippen LogP contribution in [0.25, 0.3) is 117 Å². The molecule has 12 aromatic rings. The summed E-state index contributed by atoms with van der Waals surface area (Å²) in [6.45, 7) is 0. The first-order valence-corrected chi connectivity index (χ1v) is 21.4. The van der Waals surface area contributed by atoms with Gasteiger partial charge in [-0.05, 0) is 53.1 Å². The minimum atomic E-state index is 0.690. The molecule has 0 N–H and O–H groups in total. The molecular formula is C59H38N4. The number of fused-ring (bicyclic) bond motifs is 7. The van der Waals surface area contributed by atoms with Gasteiger partial charge in [0.2, 0.25) is 0 Å². The quantitative estimate of drug-likeness (QED) is 0.151. The predicted molar refractivity (Wildman–Crippen MR) is 262 cm³/mol. The van der Waals surface area contributed by atoms with Crippen molar-refractivity contribution in [1.82, 2.24) is 19.5 Å². The lowest BCUT2D eigenvalue weighted by atomic mass is 9.96. The molecular weight excluding hydrogens is 765 g/mol. The predicted octanol–water partition coefficient (Wildman–Crippen LogP) is 15.3. The lowest BCUT2D eigenvalue weighted by Crippen LogP contribution is -1.97. The Morgan fingerprint density at radius 1 is 0.302 bits per heavy atom. The second-order valence-electron chi connectivity index (χ2n) is 16.0. The molecule has 294 valence electrons. The van der Waals surface area contributed by atoms with Crippen LogP contribution in [0.5, 0.6) is 0 Å². The zero-order valence-corrected chi connectivity index (χ0v) is 34.2. The van der Waals surface area contributed by atoms with Crippen LogP contribution < -0.4 is 0 Å². The SMILES string of the molecule is c1ccc(-c2cc(-c3ccccc3)nc(-c3cccc(-c4cccc(-c5cccc6c7ccc8c(-c9ccccc9)nc9ccccc9c8c7n(-c7ccccc7)c56)c4)c3)n2)cc1. The van der Waals surface area contributed by atoms with Gasteiger partial charge < -0.3 is 4.57 Å². The van der Waals surface area contributed by atoms with Gasteiger partial charge in [-0.2, -0.15) is 0 Å². The van der Waals surface area contributed by atoms with E-state index in [-0.39, 0.29) is 0 Å². The fourth-order valence-corrected chi connectivity index (χ4v) is 9.27. The number of nitrogens with zero attached hydrogens (tertiary/aromatic N) is 4. The number of rotatable bonds is 7. The number of hydrogen-bond donors (Lipinski definition) is 0. The van der Waals surface area contributed by atoms with Crippen LogP contribution in [-0.4, -0.2) is 19.5 Å². The summed E-state index contributed by atoms with van der Waals surface area (Å²) in [5, 5.41) is 5.87. The van der Waals surface area contributed by atoms with Gasteiger partial charge in [0.15, 0.2) is 5.82 Å². The highest BCUT2D eigenvalue weighted by atomic mass is 15.0. The van der Waals surface area contributed by atoms with Crippen molar-refractivity contribution in [1.29, 1.82) is 0 Å². The number of hydrogen-bond acceptors (Lipinski definition) is 3. The molecule has 0 atom stereocenters. The fraction of sp³-hybridized carbons (Fsp3) is 0. The number of pyridine rings is 1. The third-order valence-electron chi connectivity index (χ3n) is 12.2.